The van der Waals surface area contributed by atoms with Gasteiger partial charge < -0.3 is 50.7 Å². The van der Waals surface area contributed by atoms with E-state index in [0.29, 0.717) is 50.1 Å². The van der Waals surface area contributed by atoms with Crippen LogP contribution in [0.4, 0.5) is 0 Å². The molecule has 0 aromatic heterocycles. The summed E-state index contributed by atoms with van der Waals surface area (Å²) in [7, 11) is 3.43. The van der Waals surface area contributed by atoms with Gasteiger partial charge in [0.25, 0.3) is 11.8 Å². The molecule has 0 radical (unpaired) electrons. The average Bonchev–Trinajstić information content (AvgIpc) is 3.07. The van der Waals surface area contributed by atoms with E-state index in [4.69, 9.17) is 0 Å². The molecule has 0 unspecified atom stereocenters. The third-order valence-electron chi connectivity index (χ3n) is 18.5. The van der Waals surface area contributed by atoms with Crippen molar-refractivity contribution in [3.8, 4) is 11.1 Å². The molecule has 4 fully saturated rings. The highest BCUT2D eigenvalue weighted by Gasteiger charge is 2.43. The van der Waals surface area contributed by atoms with Crippen molar-refractivity contribution in [2.45, 2.75) is 141 Å². The fraction of sp³-hybridized carbons (Fsp3) is 0.529. The van der Waals surface area contributed by atoms with E-state index in [9.17, 15) is 38.4 Å². The van der Waals surface area contributed by atoms with Gasteiger partial charge in [0.05, 0.1) is 24.2 Å². The minimum atomic E-state index is -0.736. The first-order valence-electron chi connectivity index (χ1n) is 31.5. The Morgan fingerprint density at radius 1 is 0.477 bits per heavy atom. The third-order valence-corrected chi connectivity index (χ3v) is 18.5. The number of benzene rings is 4. The zero-order valence-corrected chi connectivity index (χ0v) is 51.5. The van der Waals surface area contributed by atoms with Crippen molar-refractivity contribution in [2.24, 2.45) is 11.8 Å². The van der Waals surface area contributed by atoms with Crippen LogP contribution < -0.4 is 21.3 Å². The number of carbonyl (C=O) groups is 8. The number of hydrogen-bond donors (Lipinski definition) is 4. The van der Waals surface area contributed by atoms with Gasteiger partial charge in [0.1, 0.15) is 12.1 Å². The van der Waals surface area contributed by atoms with Crippen LogP contribution in [0.2, 0.25) is 0 Å². The van der Waals surface area contributed by atoms with Gasteiger partial charge >= 0.3 is 0 Å². The van der Waals surface area contributed by atoms with Crippen molar-refractivity contribution < 1.29 is 38.4 Å². The lowest BCUT2D eigenvalue weighted by Crippen LogP contribution is -2.64. The maximum Gasteiger partial charge on any atom is 0.253 e. The molecule has 18 heteroatoms. The summed E-state index contributed by atoms with van der Waals surface area (Å²) in [6.45, 7) is 9.35. The topological polar surface area (TPSA) is 204 Å². The number of nitrogens with zero attached hydrogens (tertiary/aromatic N) is 6. The molecule has 86 heavy (non-hydrogen) atoms. The Morgan fingerprint density at radius 2 is 0.826 bits per heavy atom. The Hall–Kier alpha value is -7.44. The van der Waals surface area contributed by atoms with Gasteiger partial charge in [0.15, 0.2) is 0 Å². The summed E-state index contributed by atoms with van der Waals surface area (Å²) in [5.41, 5.74) is 4.65. The van der Waals surface area contributed by atoms with Crippen LogP contribution in [0.25, 0.3) is 11.1 Å². The minimum Gasteiger partial charge on any atom is -0.343 e. The summed E-state index contributed by atoms with van der Waals surface area (Å²) in [5.74, 6) is -1.58. The van der Waals surface area contributed by atoms with E-state index < -0.39 is 36.3 Å². The van der Waals surface area contributed by atoms with Crippen molar-refractivity contribution in [1.82, 2.24) is 50.7 Å². The largest absolute Gasteiger partial charge is 0.343 e. The van der Waals surface area contributed by atoms with Crippen LogP contribution in [0, 0.1) is 11.8 Å². The molecular weight excluding hydrogens is 1080 g/mol. The average molecular weight is 1180 g/mol. The molecule has 18 nitrogen and oxygen atoms in total. The van der Waals surface area contributed by atoms with Crippen LogP contribution in [0.3, 0.4) is 0 Å². The lowest BCUT2D eigenvalue weighted by molar-refractivity contribution is -0.146. The quantitative estimate of drug-likeness (QED) is 0.0664. The van der Waals surface area contributed by atoms with Crippen molar-refractivity contribution in [3.63, 3.8) is 0 Å². The summed E-state index contributed by atoms with van der Waals surface area (Å²) in [5, 5.41) is 12.2. The fourth-order valence-corrected chi connectivity index (χ4v) is 12.9. The number of rotatable bonds is 23. The molecule has 2 saturated heterocycles. The smallest absolute Gasteiger partial charge is 0.253 e. The zero-order chi connectivity index (χ0) is 61.3. The molecule has 4 aromatic carbocycles. The van der Waals surface area contributed by atoms with Gasteiger partial charge in [-0.05, 0) is 125 Å². The molecule has 4 aromatic rings. The van der Waals surface area contributed by atoms with Crippen LogP contribution in [0.5, 0.6) is 0 Å². The van der Waals surface area contributed by atoms with E-state index in [1.54, 1.807) is 71.8 Å². The molecule has 6 atom stereocenters. The number of likely N-dealkylation sites (N-methyl/N-ethyl adjacent to an activating group) is 2. The molecule has 2 aliphatic carbocycles. The predicted molar refractivity (Wildman–Crippen MR) is 334 cm³/mol. The Labute approximate surface area is 509 Å². The van der Waals surface area contributed by atoms with E-state index >= 15 is 0 Å². The predicted octanol–water partition coefficient (Wildman–Crippen LogP) is 6.19. The molecule has 4 N–H and O–H groups in total. The standard InChI is InChI=1S/C68H92N10O8/c1-47(69-5)63(81)71-61(55-23-15-9-16-24-55)67(85)77-41-39-73(49(3)79)43-59(77)45-75(37-35-51-19-11-7-12-20-51)65(83)57-31-27-53(28-32-57)54-29-33-58(34-30-54)66(84)76(38-36-52-21-13-8-14-22-52)46-60-44-74(50(4)80)40-42-78(60)68(86)62(56-25-17-10-18-26-56)72-64(82)48(2)70-6/h7-8,11-14,19-22,27-34,47-48,55-56,59-62,69-70H,9-10,15-18,23-26,35-46H2,1-6H3,(H,71,81)(H,72,82)/t47-,48-,59-,60-,61-,62-/m0/s1. The highest BCUT2D eigenvalue weighted by molar-refractivity contribution is 5.97. The summed E-state index contributed by atoms with van der Waals surface area (Å²) >= 11 is 0. The molecule has 8 amide bonds. The van der Waals surface area contributed by atoms with Crippen LogP contribution in [0.1, 0.15) is 124 Å². The molecular formula is C68H92N10O8. The molecule has 2 heterocycles. The molecule has 8 rings (SSSR count). The van der Waals surface area contributed by atoms with E-state index in [0.717, 1.165) is 86.5 Å². The Bertz CT molecular complexity index is 2720. The van der Waals surface area contributed by atoms with Gasteiger partial charge in [-0.1, -0.05) is 123 Å². The number of hydrogen-bond acceptors (Lipinski definition) is 10. The Balaban J connectivity index is 1.03. The summed E-state index contributed by atoms with van der Waals surface area (Å²) in [4.78, 5) is 123. The SMILES string of the molecule is CN[C@@H](C)C(=O)N[C@H](C(=O)N1CCN(C(C)=O)C[C@H]1CN(CCc1ccccc1)C(=O)c1ccc(-c2ccc(C(=O)N(CCc3ccccc3)C[C@@H]3CN(C(C)=O)CCN3C(=O)[C@@H](NC(=O)[C@H](C)NC)C3CCCCC3)cc2)cc1)C1CCCCC1. The fourth-order valence-electron chi connectivity index (χ4n) is 12.9. The molecule has 0 bridgehead atoms. The van der Waals surface area contributed by atoms with Crippen molar-refractivity contribution in [2.75, 3.05) is 79.5 Å². The molecule has 0 spiro atoms. The van der Waals surface area contributed by atoms with Crippen molar-refractivity contribution >= 4 is 47.3 Å². The monoisotopic (exact) mass is 1180 g/mol. The van der Waals surface area contributed by atoms with Crippen LogP contribution in [-0.4, -0.2) is 192 Å². The van der Waals surface area contributed by atoms with Gasteiger partial charge in [0, 0.05) is 90.4 Å². The second kappa shape index (κ2) is 31.3. The van der Waals surface area contributed by atoms with Crippen LogP contribution in [0.15, 0.2) is 109 Å². The first-order chi connectivity index (χ1) is 41.5. The van der Waals surface area contributed by atoms with Gasteiger partial charge in [0.2, 0.25) is 35.4 Å². The molecule has 2 saturated carbocycles. The second-order valence-corrected chi connectivity index (χ2v) is 24.2. The lowest BCUT2D eigenvalue weighted by Gasteiger charge is -2.45. The number of amides is 8. The van der Waals surface area contributed by atoms with Crippen LogP contribution in [-0.2, 0) is 41.6 Å². The Kier molecular flexibility index (Phi) is 23.5. The first-order valence-corrected chi connectivity index (χ1v) is 31.5. The second-order valence-electron chi connectivity index (χ2n) is 24.2. The van der Waals surface area contributed by atoms with Gasteiger partial charge in [-0.2, -0.15) is 0 Å². The van der Waals surface area contributed by atoms with E-state index in [1.165, 1.54) is 13.8 Å². The van der Waals surface area contributed by atoms with E-state index in [2.05, 4.69) is 21.3 Å². The highest BCUT2D eigenvalue weighted by Crippen LogP contribution is 2.31. The normalized spacial score (nSPS) is 19.1. The summed E-state index contributed by atoms with van der Waals surface area (Å²) in [6, 6.07) is 31.1. The molecule has 4 aliphatic rings. The Morgan fingerprint density at radius 3 is 1.15 bits per heavy atom. The van der Waals surface area contributed by atoms with Gasteiger partial charge in [-0.25, -0.2) is 0 Å². The highest BCUT2D eigenvalue weighted by atomic mass is 16.2. The third kappa shape index (κ3) is 17.0. The lowest BCUT2D eigenvalue weighted by atomic mass is 9.83. The van der Waals surface area contributed by atoms with Crippen molar-refractivity contribution in [3.05, 3.63) is 131 Å². The molecule has 462 valence electrons. The van der Waals surface area contributed by atoms with Crippen molar-refractivity contribution in [1.29, 1.82) is 0 Å². The van der Waals surface area contributed by atoms with Gasteiger partial charge in [-0.3, -0.25) is 38.4 Å². The number of nitrogens with one attached hydrogen (secondary N) is 4. The number of carbonyl (C=O) groups excluding carboxylic acids is 8. The molecule has 2 aliphatic heterocycles. The van der Waals surface area contributed by atoms with E-state index in [-0.39, 0.29) is 98.4 Å². The summed E-state index contributed by atoms with van der Waals surface area (Å²) in [6.07, 6.45) is 10.5. The van der Waals surface area contributed by atoms with Crippen LogP contribution >= 0.6 is 0 Å². The number of piperazine rings is 2. The minimum absolute atomic E-state index is 0.0291. The summed E-state index contributed by atoms with van der Waals surface area (Å²) < 4.78 is 0. The first kappa shape index (κ1) is 64.6. The van der Waals surface area contributed by atoms with E-state index in [1.807, 2.05) is 94.7 Å². The van der Waals surface area contributed by atoms with Gasteiger partial charge in [-0.15, -0.1) is 0 Å². The zero-order valence-electron chi connectivity index (χ0n) is 51.5. The maximum atomic E-state index is 15.0. The maximum absolute atomic E-state index is 15.0.